The summed E-state index contributed by atoms with van der Waals surface area (Å²) in [6.07, 6.45) is 0.552. The number of nitrogens with zero attached hydrogens (tertiary/aromatic N) is 1. The summed E-state index contributed by atoms with van der Waals surface area (Å²) >= 11 is 0. The van der Waals surface area contributed by atoms with Gasteiger partial charge in [-0.05, 0) is 63.7 Å². The van der Waals surface area contributed by atoms with E-state index in [9.17, 15) is 17.6 Å². The van der Waals surface area contributed by atoms with Crippen molar-refractivity contribution in [2.45, 2.75) is 42.8 Å². The van der Waals surface area contributed by atoms with Crippen LogP contribution in [-0.4, -0.2) is 50.3 Å². The molecule has 0 saturated carbocycles. The molecule has 0 unspecified atom stereocenters. The van der Waals surface area contributed by atoms with E-state index in [2.05, 4.69) is 4.90 Å². The van der Waals surface area contributed by atoms with Crippen molar-refractivity contribution in [2.24, 2.45) is 0 Å². The van der Waals surface area contributed by atoms with Crippen molar-refractivity contribution in [1.82, 2.24) is 4.90 Å². The molecule has 1 fully saturated rings. The SMILES string of the molecule is CCOC(=O)CC1(S(=O)(=O)c2ccc(F)cc2)CCN(CC)CC1. The summed E-state index contributed by atoms with van der Waals surface area (Å²) < 4.78 is 43.4. The Bertz CT molecular complexity index is 664. The molecule has 0 aromatic heterocycles. The van der Waals surface area contributed by atoms with Crippen molar-refractivity contribution in [3.05, 3.63) is 30.1 Å². The van der Waals surface area contributed by atoms with Gasteiger partial charge in [0.05, 0.1) is 22.7 Å². The number of rotatable bonds is 6. The molecular weight excluding hydrogens is 333 g/mol. The highest BCUT2D eigenvalue weighted by atomic mass is 32.2. The van der Waals surface area contributed by atoms with Gasteiger partial charge in [-0.3, -0.25) is 4.79 Å². The van der Waals surface area contributed by atoms with E-state index >= 15 is 0 Å². The third-order valence-corrected chi connectivity index (χ3v) is 7.27. The molecule has 1 aromatic carbocycles. The second-order valence-corrected chi connectivity index (χ2v) is 8.40. The average molecular weight is 357 g/mol. The second-order valence-electron chi connectivity index (χ2n) is 6.06. The maximum atomic E-state index is 13.2. The summed E-state index contributed by atoms with van der Waals surface area (Å²) in [5.41, 5.74) is 0. The molecule has 7 heteroatoms. The number of sulfone groups is 1. The largest absolute Gasteiger partial charge is 0.466 e. The Labute approximate surface area is 142 Å². The maximum Gasteiger partial charge on any atom is 0.307 e. The van der Waals surface area contributed by atoms with Crippen LogP contribution in [0.25, 0.3) is 0 Å². The third kappa shape index (κ3) is 3.78. The molecule has 1 saturated heterocycles. The molecule has 1 aliphatic rings. The van der Waals surface area contributed by atoms with Gasteiger partial charge in [-0.2, -0.15) is 0 Å². The van der Waals surface area contributed by atoms with Gasteiger partial charge in [-0.25, -0.2) is 12.8 Å². The summed E-state index contributed by atoms with van der Waals surface area (Å²) in [7, 11) is -3.78. The van der Waals surface area contributed by atoms with Crippen LogP contribution < -0.4 is 0 Å². The van der Waals surface area contributed by atoms with E-state index in [1.165, 1.54) is 12.1 Å². The van der Waals surface area contributed by atoms with Gasteiger partial charge in [0, 0.05) is 0 Å². The van der Waals surface area contributed by atoms with Gasteiger partial charge in [0.15, 0.2) is 9.84 Å². The summed E-state index contributed by atoms with van der Waals surface area (Å²) in [6, 6.07) is 4.80. The smallest absolute Gasteiger partial charge is 0.307 e. The van der Waals surface area contributed by atoms with Crippen molar-refractivity contribution in [3.8, 4) is 0 Å². The van der Waals surface area contributed by atoms with Crippen LogP contribution in [0.15, 0.2) is 29.2 Å². The molecule has 0 aliphatic carbocycles. The van der Waals surface area contributed by atoms with Crippen LogP contribution in [0.1, 0.15) is 33.1 Å². The molecule has 134 valence electrons. The van der Waals surface area contributed by atoms with Crippen LogP contribution in [0.5, 0.6) is 0 Å². The Morgan fingerprint density at radius 3 is 2.29 bits per heavy atom. The van der Waals surface area contributed by atoms with E-state index < -0.39 is 26.4 Å². The van der Waals surface area contributed by atoms with Crippen LogP contribution in [0.2, 0.25) is 0 Å². The average Bonchev–Trinajstić information content (AvgIpc) is 2.56. The number of esters is 1. The molecule has 5 nitrogen and oxygen atoms in total. The fourth-order valence-corrected chi connectivity index (χ4v) is 5.18. The molecule has 0 spiro atoms. The van der Waals surface area contributed by atoms with Crippen LogP contribution in [-0.2, 0) is 19.4 Å². The summed E-state index contributed by atoms with van der Waals surface area (Å²) in [6.45, 7) is 5.98. The van der Waals surface area contributed by atoms with Crippen molar-refractivity contribution >= 4 is 15.8 Å². The molecule has 1 aliphatic heterocycles. The van der Waals surface area contributed by atoms with E-state index in [0.717, 1.165) is 18.7 Å². The number of carbonyl (C=O) groups excluding carboxylic acids is 1. The van der Waals surface area contributed by atoms with Gasteiger partial charge in [0.2, 0.25) is 0 Å². The first-order chi connectivity index (χ1) is 11.3. The van der Waals surface area contributed by atoms with E-state index in [1.807, 2.05) is 6.92 Å². The minimum Gasteiger partial charge on any atom is -0.466 e. The first kappa shape index (κ1) is 18.9. The first-order valence-corrected chi connectivity index (χ1v) is 9.71. The quantitative estimate of drug-likeness (QED) is 0.578. The van der Waals surface area contributed by atoms with Gasteiger partial charge in [-0.1, -0.05) is 6.92 Å². The summed E-state index contributed by atoms with van der Waals surface area (Å²) in [4.78, 5) is 14.2. The summed E-state index contributed by atoms with van der Waals surface area (Å²) in [5.74, 6) is -0.998. The molecule has 2 rings (SSSR count). The lowest BCUT2D eigenvalue weighted by Crippen LogP contribution is -2.50. The monoisotopic (exact) mass is 357 g/mol. The molecule has 1 heterocycles. The Kier molecular flexibility index (Phi) is 5.98. The minimum atomic E-state index is -3.78. The van der Waals surface area contributed by atoms with Crippen LogP contribution in [0, 0.1) is 5.82 Å². The Morgan fingerprint density at radius 1 is 1.21 bits per heavy atom. The molecule has 0 atom stereocenters. The number of hydrogen-bond donors (Lipinski definition) is 0. The maximum absolute atomic E-state index is 13.2. The lowest BCUT2D eigenvalue weighted by molar-refractivity contribution is -0.144. The van der Waals surface area contributed by atoms with Gasteiger partial charge < -0.3 is 9.64 Å². The van der Waals surface area contributed by atoms with E-state index in [0.29, 0.717) is 25.9 Å². The minimum absolute atomic E-state index is 0.0538. The molecule has 24 heavy (non-hydrogen) atoms. The zero-order chi connectivity index (χ0) is 17.8. The zero-order valence-electron chi connectivity index (χ0n) is 14.1. The number of likely N-dealkylation sites (tertiary alicyclic amines) is 1. The highest BCUT2D eigenvalue weighted by molar-refractivity contribution is 7.92. The van der Waals surface area contributed by atoms with Crippen molar-refractivity contribution in [1.29, 1.82) is 0 Å². The first-order valence-electron chi connectivity index (χ1n) is 8.23. The molecule has 0 N–H and O–H groups in total. The molecular formula is C17H24FNO4S. The second kappa shape index (κ2) is 7.61. The van der Waals surface area contributed by atoms with Crippen molar-refractivity contribution < 1.29 is 22.3 Å². The topological polar surface area (TPSA) is 63.7 Å². The highest BCUT2D eigenvalue weighted by Crippen LogP contribution is 2.38. The number of carbonyl (C=O) groups is 1. The molecule has 1 aromatic rings. The predicted octanol–water partition coefficient (Wildman–Crippen LogP) is 2.41. The van der Waals surface area contributed by atoms with Crippen LogP contribution >= 0.6 is 0 Å². The summed E-state index contributed by atoms with van der Waals surface area (Å²) in [5, 5.41) is 0. The molecule has 0 bridgehead atoms. The van der Waals surface area contributed by atoms with E-state index in [4.69, 9.17) is 4.74 Å². The van der Waals surface area contributed by atoms with Crippen molar-refractivity contribution in [2.75, 3.05) is 26.2 Å². The van der Waals surface area contributed by atoms with Gasteiger partial charge in [0.1, 0.15) is 5.82 Å². The number of ether oxygens (including phenoxy) is 1. The number of hydrogen-bond acceptors (Lipinski definition) is 5. The zero-order valence-corrected chi connectivity index (χ0v) is 14.9. The Hall–Kier alpha value is -1.47. The van der Waals surface area contributed by atoms with Crippen LogP contribution in [0.3, 0.4) is 0 Å². The number of benzene rings is 1. The lowest BCUT2D eigenvalue weighted by atomic mass is 9.92. The number of piperidine rings is 1. The van der Waals surface area contributed by atoms with Crippen molar-refractivity contribution in [3.63, 3.8) is 0 Å². The lowest BCUT2D eigenvalue weighted by Gasteiger charge is -2.40. The van der Waals surface area contributed by atoms with Gasteiger partial charge in [-0.15, -0.1) is 0 Å². The third-order valence-electron chi connectivity index (χ3n) is 4.68. The van der Waals surface area contributed by atoms with Gasteiger partial charge >= 0.3 is 5.97 Å². The fourth-order valence-electron chi connectivity index (χ4n) is 3.16. The molecule has 0 amide bonds. The predicted molar refractivity (Wildman–Crippen MR) is 88.9 cm³/mol. The van der Waals surface area contributed by atoms with E-state index in [1.54, 1.807) is 6.92 Å². The van der Waals surface area contributed by atoms with Crippen LogP contribution in [0.4, 0.5) is 4.39 Å². The fraction of sp³-hybridized carbons (Fsp3) is 0.588. The standard InChI is InChI=1S/C17H24FNO4S/c1-3-19-11-9-17(10-12-19,13-16(20)23-4-2)24(21,22)15-7-5-14(18)6-8-15/h5-8H,3-4,9-13H2,1-2H3. The number of halogens is 1. The highest BCUT2D eigenvalue weighted by Gasteiger charge is 2.48. The van der Waals surface area contributed by atoms with E-state index in [-0.39, 0.29) is 17.9 Å². The Balaban J connectivity index is 2.37. The molecule has 0 radical (unpaired) electrons. The normalized spacial score (nSPS) is 18.3. The Morgan fingerprint density at radius 2 is 1.79 bits per heavy atom. The van der Waals surface area contributed by atoms with Gasteiger partial charge in [0.25, 0.3) is 0 Å².